The molecule has 1 aromatic rings. The highest BCUT2D eigenvalue weighted by molar-refractivity contribution is 5.66. The van der Waals surface area contributed by atoms with E-state index < -0.39 is 0 Å². The van der Waals surface area contributed by atoms with Crippen molar-refractivity contribution >= 4 is 11.5 Å². The number of hydrogen-bond donors (Lipinski definition) is 2. The number of nitrogens with one attached hydrogen (secondary N) is 1. The summed E-state index contributed by atoms with van der Waals surface area (Å²) in [5.74, 6) is 2.04. The van der Waals surface area contributed by atoms with E-state index in [9.17, 15) is 0 Å². The third-order valence-electron chi connectivity index (χ3n) is 3.06. The van der Waals surface area contributed by atoms with Crippen molar-refractivity contribution in [3.8, 4) is 5.88 Å². The SMILES string of the molecule is CCCOc1ncnc(NC(C)CC2CC2)c1N. The maximum absolute atomic E-state index is 6.01. The van der Waals surface area contributed by atoms with Crippen LogP contribution >= 0.6 is 0 Å². The van der Waals surface area contributed by atoms with Gasteiger partial charge in [0.05, 0.1) is 6.61 Å². The number of nitrogens with zero attached hydrogens (tertiary/aromatic N) is 2. The normalized spacial score (nSPS) is 16.3. The summed E-state index contributed by atoms with van der Waals surface area (Å²) in [6.07, 6.45) is 6.32. The first-order valence-electron chi connectivity index (χ1n) is 6.70. The summed E-state index contributed by atoms with van der Waals surface area (Å²) in [5.41, 5.74) is 6.51. The highest BCUT2D eigenvalue weighted by Crippen LogP contribution is 2.34. The fourth-order valence-corrected chi connectivity index (χ4v) is 1.95. The smallest absolute Gasteiger partial charge is 0.242 e. The van der Waals surface area contributed by atoms with Crippen LogP contribution in [0.3, 0.4) is 0 Å². The molecule has 5 heteroatoms. The van der Waals surface area contributed by atoms with E-state index in [-0.39, 0.29) is 0 Å². The van der Waals surface area contributed by atoms with Crippen LogP contribution in [0.4, 0.5) is 11.5 Å². The highest BCUT2D eigenvalue weighted by atomic mass is 16.5. The second kappa shape index (κ2) is 5.89. The zero-order chi connectivity index (χ0) is 13.0. The lowest BCUT2D eigenvalue weighted by Crippen LogP contribution is -2.18. The van der Waals surface area contributed by atoms with Gasteiger partial charge in [0.1, 0.15) is 12.0 Å². The molecule has 0 bridgehead atoms. The lowest BCUT2D eigenvalue weighted by molar-refractivity contribution is 0.306. The Morgan fingerprint density at radius 2 is 2.28 bits per heavy atom. The molecule has 1 aliphatic carbocycles. The molecule has 1 aliphatic rings. The van der Waals surface area contributed by atoms with Crippen LogP contribution in [0, 0.1) is 5.92 Å². The summed E-state index contributed by atoms with van der Waals surface area (Å²) in [6, 6.07) is 0.383. The van der Waals surface area contributed by atoms with Gasteiger partial charge in [-0.3, -0.25) is 0 Å². The lowest BCUT2D eigenvalue weighted by Gasteiger charge is -2.16. The standard InChI is InChI=1S/C13H22N4O/c1-3-6-18-13-11(14)12(15-8-16-13)17-9(2)7-10-4-5-10/h8-10H,3-7,14H2,1-2H3,(H,15,16,17). The van der Waals surface area contributed by atoms with Crippen LogP contribution in [0.15, 0.2) is 6.33 Å². The number of nitrogen functional groups attached to an aromatic ring is 1. The molecule has 0 amide bonds. The maximum Gasteiger partial charge on any atom is 0.242 e. The van der Waals surface area contributed by atoms with Crippen molar-refractivity contribution in [1.29, 1.82) is 0 Å². The molecule has 2 rings (SSSR count). The summed E-state index contributed by atoms with van der Waals surface area (Å²) in [4.78, 5) is 8.25. The molecule has 100 valence electrons. The molecule has 0 aliphatic heterocycles. The Kier molecular flexibility index (Phi) is 4.23. The quantitative estimate of drug-likeness (QED) is 0.777. The van der Waals surface area contributed by atoms with Crippen molar-refractivity contribution in [1.82, 2.24) is 9.97 Å². The van der Waals surface area contributed by atoms with Gasteiger partial charge in [-0.05, 0) is 25.7 Å². The van der Waals surface area contributed by atoms with E-state index in [2.05, 4.69) is 22.2 Å². The summed E-state index contributed by atoms with van der Waals surface area (Å²) in [5, 5.41) is 3.34. The molecule has 5 nitrogen and oxygen atoms in total. The molecule has 1 fully saturated rings. The molecule has 1 saturated carbocycles. The van der Waals surface area contributed by atoms with E-state index in [1.54, 1.807) is 0 Å². The lowest BCUT2D eigenvalue weighted by atomic mass is 10.1. The van der Waals surface area contributed by atoms with E-state index in [1.807, 2.05) is 6.92 Å². The molecule has 18 heavy (non-hydrogen) atoms. The van der Waals surface area contributed by atoms with Crippen molar-refractivity contribution in [3.05, 3.63) is 6.33 Å². The third-order valence-corrected chi connectivity index (χ3v) is 3.06. The third kappa shape index (κ3) is 3.48. The zero-order valence-electron chi connectivity index (χ0n) is 11.1. The molecule has 0 radical (unpaired) electrons. The summed E-state index contributed by atoms with van der Waals surface area (Å²) < 4.78 is 5.49. The Balaban J connectivity index is 1.97. The van der Waals surface area contributed by atoms with Gasteiger partial charge in [-0.25, -0.2) is 4.98 Å². The largest absolute Gasteiger partial charge is 0.476 e. The molecule has 0 saturated heterocycles. The van der Waals surface area contributed by atoms with E-state index in [4.69, 9.17) is 10.5 Å². The van der Waals surface area contributed by atoms with E-state index in [0.717, 1.165) is 12.3 Å². The molecular formula is C13H22N4O. The second-order valence-electron chi connectivity index (χ2n) is 5.01. The highest BCUT2D eigenvalue weighted by Gasteiger charge is 2.24. The maximum atomic E-state index is 6.01. The van der Waals surface area contributed by atoms with Crippen molar-refractivity contribution in [2.75, 3.05) is 17.7 Å². The predicted molar refractivity (Wildman–Crippen MR) is 72.7 cm³/mol. The number of nitrogens with two attached hydrogens (primary N) is 1. The topological polar surface area (TPSA) is 73.1 Å². The van der Waals surface area contributed by atoms with Gasteiger partial charge in [0, 0.05) is 6.04 Å². The van der Waals surface area contributed by atoms with Crippen LogP contribution < -0.4 is 15.8 Å². The second-order valence-corrected chi connectivity index (χ2v) is 5.01. The minimum absolute atomic E-state index is 0.383. The molecule has 1 aromatic heterocycles. The fourth-order valence-electron chi connectivity index (χ4n) is 1.95. The monoisotopic (exact) mass is 250 g/mol. The van der Waals surface area contributed by atoms with Crippen LogP contribution in [0.25, 0.3) is 0 Å². The molecule has 1 atom stereocenters. The first kappa shape index (κ1) is 12.9. The average molecular weight is 250 g/mol. The van der Waals surface area contributed by atoms with E-state index in [1.165, 1.54) is 25.6 Å². The Hall–Kier alpha value is -1.52. The minimum atomic E-state index is 0.383. The van der Waals surface area contributed by atoms with Crippen LogP contribution in [-0.2, 0) is 0 Å². The van der Waals surface area contributed by atoms with Crippen LogP contribution in [0.2, 0.25) is 0 Å². The Bertz CT molecular complexity index is 393. The van der Waals surface area contributed by atoms with Gasteiger partial charge in [-0.2, -0.15) is 4.98 Å². The van der Waals surface area contributed by atoms with Gasteiger partial charge >= 0.3 is 0 Å². The van der Waals surface area contributed by atoms with Gasteiger partial charge in [0.2, 0.25) is 5.88 Å². The van der Waals surface area contributed by atoms with Crippen LogP contribution in [-0.4, -0.2) is 22.6 Å². The van der Waals surface area contributed by atoms with Gasteiger partial charge in [0.15, 0.2) is 5.82 Å². The summed E-state index contributed by atoms with van der Waals surface area (Å²) in [7, 11) is 0. The van der Waals surface area contributed by atoms with Crippen molar-refractivity contribution < 1.29 is 4.74 Å². The number of hydrogen-bond acceptors (Lipinski definition) is 5. The molecular weight excluding hydrogens is 228 g/mol. The fraction of sp³-hybridized carbons (Fsp3) is 0.692. The molecule has 3 N–H and O–H groups in total. The van der Waals surface area contributed by atoms with Crippen molar-refractivity contribution in [2.24, 2.45) is 5.92 Å². The Labute approximate surface area is 108 Å². The summed E-state index contributed by atoms with van der Waals surface area (Å²) in [6.45, 7) is 4.83. The zero-order valence-corrected chi connectivity index (χ0v) is 11.1. The van der Waals surface area contributed by atoms with Gasteiger partial charge < -0.3 is 15.8 Å². The molecule has 1 heterocycles. The number of aromatic nitrogens is 2. The average Bonchev–Trinajstić information content (AvgIpc) is 3.14. The predicted octanol–water partition coefficient (Wildman–Crippen LogP) is 2.45. The Morgan fingerprint density at radius 1 is 1.50 bits per heavy atom. The van der Waals surface area contributed by atoms with Crippen molar-refractivity contribution in [2.45, 2.75) is 45.6 Å². The van der Waals surface area contributed by atoms with Gasteiger partial charge in [-0.1, -0.05) is 19.8 Å². The van der Waals surface area contributed by atoms with E-state index >= 15 is 0 Å². The van der Waals surface area contributed by atoms with Gasteiger partial charge in [0.25, 0.3) is 0 Å². The van der Waals surface area contributed by atoms with Crippen molar-refractivity contribution in [3.63, 3.8) is 0 Å². The molecule has 1 unspecified atom stereocenters. The Morgan fingerprint density at radius 3 is 2.94 bits per heavy atom. The van der Waals surface area contributed by atoms with Gasteiger partial charge in [-0.15, -0.1) is 0 Å². The van der Waals surface area contributed by atoms with Crippen LogP contribution in [0.5, 0.6) is 5.88 Å². The first-order valence-corrected chi connectivity index (χ1v) is 6.70. The van der Waals surface area contributed by atoms with E-state index in [0.29, 0.717) is 30.0 Å². The van der Waals surface area contributed by atoms with Crippen LogP contribution in [0.1, 0.15) is 39.5 Å². The summed E-state index contributed by atoms with van der Waals surface area (Å²) >= 11 is 0. The minimum Gasteiger partial charge on any atom is -0.476 e. The number of ether oxygens (including phenoxy) is 1. The number of anilines is 2. The molecule has 0 aromatic carbocycles. The first-order chi connectivity index (χ1) is 8.70. The number of rotatable bonds is 7. The molecule has 0 spiro atoms.